The van der Waals surface area contributed by atoms with Gasteiger partial charge in [-0.3, -0.25) is 4.98 Å². The van der Waals surface area contributed by atoms with Crippen LogP contribution in [-0.2, 0) is 0 Å². The van der Waals surface area contributed by atoms with Gasteiger partial charge in [-0.1, -0.05) is 140 Å². The van der Waals surface area contributed by atoms with Gasteiger partial charge in [-0.2, -0.15) is 0 Å². The van der Waals surface area contributed by atoms with Gasteiger partial charge in [0, 0.05) is 39.6 Å². The molecular weight excluding hydrogens is 683 g/mol. The molecule has 11 rings (SSSR count). The zero-order valence-electron chi connectivity index (χ0n) is 30.3. The second-order valence-electron chi connectivity index (χ2n) is 14.1. The molecule has 6 aromatic carbocycles. The van der Waals surface area contributed by atoms with E-state index >= 15 is 0 Å². The summed E-state index contributed by atoms with van der Waals surface area (Å²) in [5, 5.41) is 1.09. The molecule has 1 aliphatic rings. The Labute approximate surface area is 324 Å². The summed E-state index contributed by atoms with van der Waals surface area (Å²) in [5.41, 5.74) is 17.4. The van der Waals surface area contributed by atoms with Gasteiger partial charge in [0.1, 0.15) is 0 Å². The van der Waals surface area contributed by atoms with Gasteiger partial charge < -0.3 is 9.47 Å². The van der Waals surface area contributed by atoms with Crippen LogP contribution >= 0.6 is 0 Å². The average molecular weight is 716 g/mol. The van der Waals surface area contributed by atoms with E-state index in [0.717, 1.165) is 95.3 Å². The van der Waals surface area contributed by atoms with Crippen LogP contribution in [0.15, 0.2) is 200 Å². The van der Waals surface area contributed by atoms with Crippen molar-refractivity contribution in [3.63, 3.8) is 0 Å². The fourth-order valence-electron chi connectivity index (χ4n) is 8.23. The minimum absolute atomic E-state index is 0.792. The summed E-state index contributed by atoms with van der Waals surface area (Å²) in [6.07, 6.45) is 1.89. The van der Waals surface area contributed by atoms with Crippen molar-refractivity contribution in [1.29, 1.82) is 0 Å². The van der Waals surface area contributed by atoms with Gasteiger partial charge in [-0.05, 0) is 71.3 Å². The van der Waals surface area contributed by atoms with Crippen molar-refractivity contribution in [1.82, 2.24) is 19.5 Å². The molecule has 4 aromatic heterocycles. The molecule has 5 heterocycles. The van der Waals surface area contributed by atoms with Crippen LogP contribution in [0.3, 0.4) is 0 Å². The zero-order chi connectivity index (χ0) is 37.0. The third kappa shape index (κ3) is 5.21. The number of fused-ring (bicyclic) bond motifs is 8. The number of rotatable bonds is 5. The Balaban J connectivity index is 1.16. The van der Waals surface area contributed by atoms with E-state index in [1.165, 1.54) is 5.56 Å². The summed E-state index contributed by atoms with van der Waals surface area (Å²) in [6, 6.07) is 68.2. The second-order valence-corrected chi connectivity index (χ2v) is 14.1. The fourth-order valence-corrected chi connectivity index (χ4v) is 8.23. The molecule has 0 saturated heterocycles. The molecule has 5 heteroatoms. The average Bonchev–Trinajstić information content (AvgIpc) is 3.54. The van der Waals surface area contributed by atoms with Crippen LogP contribution in [0, 0.1) is 0 Å². The summed E-state index contributed by atoms with van der Waals surface area (Å²) in [6.45, 7) is 0. The van der Waals surface area contributed by atoms with Gasteiger partial charge in [-0.25, -0.2) is 9.97 Å². The minimum atomic E-state index is 0.792. The fraction of sp³-hybridized carbons (Fsp3) is 0. The van der Waals surface area contributed by atoms with Gasteiger partial charge in [0.2, 0.25) is 0 Å². The van der Waals surface area contributed by atoms with Crippen LogP contribution in [0.1, 0.15) is 0 Å². The molecule has 1 aliphatic heterocycles. The number of pyridine rings is 3. The van der Waals surface area contributed by atoms with Crippen molar-refractivity contribution in [2.24, 2.45) is 0 Å². The summed E-state index contributed by atoms with van der Waals surface area (Å²) >= 11 is 0. The number of para-hydroxylation sites is 3. The van der Waals surface area contributed by atoms with Crippen LogP contribution in [0.2, 0.25) is 0 Å². The maximum Gasteiger partial charge on any atom is 0.0972 e. The van der Waals surface area contributed by atoms with Crippen molar-refractivity contribution in [2.75, 3.05) is 4.90 Å². The number of nitrogens with zero attached hydrogens (tertiary/aromatic N) is 5. The summed E-state index contributed by atoms with van der Waals surface area (Å²) in [5.74, 6) is 0. The maximum atomic E-state index is 5.63. The Kier molecular flexibility index (Phi) is 7.42. The van der Waals surface area contributed by atoms with E-state index < -0.39 is 0 Å². The normalized spacial score (nSPS) is 11.9. The first-order valence-electron chi connectivity index (χ1n) is 18.9. The third-order valence-electron chi connectivity index (χ3n) is 10.8. The quantitative estimate of drug-likeness (QED) is 0.178. The molecule has 0 bridgehead atoms. The Morgan fingerprint density at radius 2 is 1.02 bits per heavy atom. The second kappa shape index (κ2) is 13.0. The van der Waals surface area contributed by atoms with Crippen LogP contribution < -0.4 is 4.90 Å². The largest absolute Gasteiger partial charge is 0.308 e. The molecule has 56 heavy (non-hydrogen) atoms. The molecule has 0 saturated carbocycles. The van der Waals surface area contributed by atoms with Crippen molar-refractivity contribution in [3.05, 3.63) is 200 Å². The van der Waals surface area contributed by atoms with Crippen LogP contribution in [0.5, 0.6) is 0 Å². The molecule has 10 aromatic rings. The standard InChI is InChI=1S/C51H33N5/c1-4-16-34(17-5-1)36-30-43(35-18-6-2-7-19-35)53-45(31-36)44-32-38(28-29-52-44)56-47-27-15-13-25-42(47)51-49(56)33-48-50(54-51)41-24-11-10-22-39(41)40-23-12-14-26-46(40)55(48)37-20-8-3-9-21-37/h1-33H. The lowest BCUT2D eigenvalue weighted by molar-refractivity contribution is 1.14. The first-order chi connectivity index (χ1) is 27.8. The highest BCUT2D eigenvalue weighted by molar-refractivity contribution is 6.11. The first kappa shape index (κ1) is 31.9. The highest BCUT2D eigenvalue weighted by atomic mass is 15.2. The molecule has 0 fully saturated rings. The molecular formula is C51H33N5. The molecule has 0 spiro atoms. The Morgan fingerprint density at radius 3 is 1.82 bits per heavy atom. The SMILES string of the molecule is c1ccc(-c2cc(-c3ccccc3)nc(-c3cc(-n4c5ccccc5c5nc6c(cc54)N(c4ccccc4)c4ccccc4-c4ccccc4-6)ccn3)c2)cc1. The van der Waals surface area contributed by atoms with Gasteiger partial charge in [0.25, 0.3) is 0 Å². The molecule has 0 aliphatic carbocycles. The van der Waals surface area contributed by atoms with Crippen molar-refractivity contribution in [2.45, 2.75) is 0 Å². The molecule has 262 valence electrons. The number of benzene rings is 6. The van der Waals surface area contributed by atoms with Gasteiger partial charge in [0.15, 0.2) is 0 Å². The smallest absolute Gasteiger partial charge is 0.0972 e. The summed E-state index contributed by atoms with van der Waals surface area (Å²) in [7, 11) is 0. The highest BCUT2D eigenvalue weighted by Crippen LogP contribution is 2.51. The number of hydrogen-bond donors (Lipinski definition) is 0. The van der Waals surface area contributed by atoms with Gasteiger partial charge in [0.05, 0.1) is 50.7 Å². The molecule has 5 nitrogen and oxygen atoms in total. The van der Waals surface area contributed by atoms with E-state index in [9.17, 15) is 0 Å². The number of aromatic nitrogens is 4. The lowest BCUT2D eigenvalue weighted by Gasteiger charge is -2.27. The van der Waals surface area contributed by atoms with Crippen molar-refractivity contribution in [3.8, 4) is 61.8 Å². The predicted molar refractivity (Wildman–Crippen MR) is 230 cm³/mol. The van der Waals surface area contributed by atoms with E-state index in [-0.39, 0.29) is 0 Å². The monoisotopic (exact) mass is 715 g/mol. The van der Waals surface area contributed by atoms with E-state index in [1.54, 1.807) is 0 Å². The molecule has 0 N–H and O–H groups in total. The number of hydrogen-bond acceptors (Lipinski definition) is 4. The lowest BCUT2D eigenvalue weighted by atomic mass is 9.97. The lowest BCUT2D eigenvalue weighted by Crippen LogP contribution is -2.11. The highest BCUT2D eigenvalue weighted by Gasteiger charge is 2.29. The van der Waals surface area contributed by atoms with Crippen LogP contribution in [-0.4, -0.2) is 19.5 Å². The van der Waals surface area contributed by atoms with Gasteiger partial charge >= 0.3 is 0 Å². The zero-order valence-corrected chi connectivity index (χ0v) is 30.3. The Morgan fingerprint density at radius 1 is 0.375 bits per heavy atom. The molecule has 0 unspecified atom stereocenters. The van der Waals surface area contributed by atoms with E-state index in [0.29, 0.717) is 0 Å². The van der Waals surface area contributed by atoms with E-state index in [2.05, 4.69) is 191 Å². The molecule has 0 radical (unpaired) electrons. The first-order valence-corrected chi connectivity index (χ1v) is 18.9. The minimum Gasteiger partial charge on any atom is -0.308 e. The summed E-state index contributed by atoms with van der Waals surface area (Å²) in [4.78, 5) is 18.1. The number of anilines is 3. The predicted octanol–water partition coefficient (Wildman–Crippen LogP) is 13.1. The third-order valence-corrected chi connectivity index (χ3v) is 10.8. The van der Waals surface area contributed by atoms with Crippen LogP contribution in [0.25, 0.3) is 83.8 Å². The van der Waals surface area contributed by atoms with E-state index in [4.69, 9.17) is 15.0 Å². The van der Waals surface area contributed by atoms with Gasteiger partial charge in [-0.15, -0.1) is 0 Å². The van der Waals surface area contributed by atoms with E-state index in [1.807, 2.05) is 18.3 Å². The summed E-state index contributed by atoms with van der Waals surface area (Å²) < 4.78 is 2.33. The molecule has 0 amide bonds. The maximum absolute atomic E-state index is 5.63. The Hall–Kier alpha value is -7.63. The van der Waals surface area contributed by atoms with Crippen molar-refractivity contribution < 1.29 is 0 Å². The van der Waals surface area contributed by atoms with Crippen molar-refractivity contribution >= 4 is 39.0 Å². The van der Waals surface area contributed by atoms with Crippen LogP contribution in [0.4, 0.5) is 17.1 Å². The topological polar surface area (TPSA) is 46.8 Å². The Bertz CT molecular complexity index is 3020. The molecule has 0 atom stereocenters.